The second-order valence-corrected chi connectivity index (χ2v) is 10.3. The van der Waals surface area contributed by atoms with Crippen molar-refractivity contribution in [3.63, 3.8) is 0 Å². The van der Waals surface area contributed by atoms with E-state index in [2.05, 4.69) is 5.16 Å². The van der Waals surface area contributed by atoms with Gasteiger partial charge in [-0.25, -0.2) is 4.79 Å². The van der Waals surface area contributed by atoms with Crippen molar-refractivity contribution in [2.24, 2.45) is 11.8 Å². The third kappa shape index (κ3) is 5.87. The smallest absolute Gasteiger partial charge is 0.410 e. The van der Waals surface area contributed by atoms with Crippen molar-refractivity contribution in [1.29, 1.82) is 0 Å². The van der Waals surface area contributed by atoms with Crippen LogP contribution in [-0.4, -0.2) is 52.7 Å². The minimum Gasteiger partial charge on any atom is -0.460 e. The Hall–Kier alpha value is -2.90. The summed E-state index contributed by atoms with van der Waals surface area (Å²) in [6.07, 6.45) is 1.34. The van der Waals surface area contributed by atoms with Crippen LogP contribution in [0.15, 0.2) is 22.7 Å². The number of carbonyl (C=O) groups is 3. The van der Waals surface area contributed by atoms with Gasteiger partial charge in [0.1, 0.15) is 17.5 Å². The Morgan fingerprint density at radius 2 is 1.88 bits per heavy atom. The number of ether oxygens (including phenoxy) is 2. The molecule has 32 heavy (non-hydrogen) atoms. The molecule has 0 radical (unpaired) electrons. The van der Waals surface area contributed by atoms with Crippen molar-refractivity contribution in [3.8, 4) is 0 Å². The van der Waals surface area contributed by atoms with Crippen molar-refractivity contribution in [2.75, 3.05) is 13.1 Å². The molecule has 0 spiro atoms. The molecule has 2 aromatic rings. The lowest BCUT2D eigenvalue weighted by molar-refractivity contribution is -0.162. The van der Waals surface area contributed by atoms with Crippen molar-refractivity contribution in [1.82, 2.24) is 10.1 Å². The van der Waals surface area contributed by atoms with Crippen molar-refractivity contribution in [2.45, 2.75) is 65.6 Å². The van der Waals surface area contributed by atoms with Gasteiger partial charge in [0.15, 0.2) is 5.58 Å². The number of aromatic nitrogens is 1. The summed E-state index contributed by atoms with van der Waals surface area (Å²) in [5.74, 6) is -0.923. The van der Waals surface area contributed by atoms with Crippen LogP contribution in [0, 0.1) is 11.8 Å². The second kappa shape index (κ2) is 8.92. The molecule has 0 unspecified atom stereocenters. The minimum absolute atomic E-state index is 0.0987. The highest BCUT2D eigenvalue weighted by Crippen LogP contribution is 2.32. The fourth-order valence-electron chi connectivity index (χ4n) is 3.86. The molecule has 1 aliphatic heterocycles. The summed E-state index contributed by atoms with van der Waals surface area (Å²) in [5, 5.41) is 4.92. The maximum atomic E-state index is 13.2. The number of benzene rings is 1. The van der Waals surface area contributed by atoms with E-state index in [0.29, 0.717) is 42.8 Å². The van der Waals surface area contributed by atoms with Gasteiger partial charge in [0.25, 0.3) is 0 Å². The largest absolute Gasteiger partial charge is 0.460 e. The summed E-state index contributed by atoms with van der Waals surface area (Å²) in [6.45, 7) is 11.9. The number of rotatable bonds is 5. The van der Waals surface area contributed by atoms with Crippen LogP contribution in [0.2, 0.25) is 0 Å². The lowest BCUT2D eigenvalue weighted by atomic mass is 9.86. The predicted octanol–water partition coefficient (Wildman–Crippen LogP) is 4.40. The number of likely N-dealkylation sites (tertiary alicyclic amines) is 1. The van der Waals surface area contributed by atoms with E-state index in [4.69, 9.17) is 14.0 Å². The number of amides is 1. The molecule has 8 heteroatoms. The Morgan fingerprint density at radius 1 is 1.19 bits per heavy atom. The zero-order valence-corrected chi connectivity index (χ0v) is 19.6. The normalized spacial score (nSPS) is 17.9. The molecule has 0 bridgehead atoms. The van der Waals surface area contributed by atoms with Crippen LogP contribution in [0.4, 0.5) is 4.79 Å². The molecule has 8 nitrogen and oxygen atoms in total. The van der Waals surface area contributed by atoms with Gasteiger partial charge >= 0.3 is 12.1 Å². The van der Waals surface area contributed by atoms with Crippen LogP contribution in [-0.2, 0) is 20.7 Å². The number of esters is 1. The van der Waals surface area contributed by atoms with E-state index >= 15 is 0 Å². The molecule has 1 amide bonds. The average molecular weight is 445 g/mol. The molecule has 1 aliphatic rings. The van der Waals surface area contributed by atoms with Gasteiger partial charge in [0.2, 0.25) is 0 Å². The van der Waals surface area contributed by atoms with Gasteiger partial charge in [0.05, 0.1) is 11.6 Å². The van der Waals surface area contributed by atoms with Crippen LogP contribution in [0.3, 0.4) is 0 Å². The van der Waals surface area contributed by atoms with E-state index < -0.39 is 17.1 Å². The zero-order chi connectivity index (χ0) is 23.7. The van der Waals surface area contributed by atoms with Crippen LogP contribution >= 0.6 is 0 Å². The Bertz CT molecular complexity index is 998. The molecule has 2 atom stereocenters. The molecule has 3 rings (SSSR count). The Balaban J connectivity index is 1.83. The third-order valence-electron chi connectivity index (χ3n) is 5.28. The first-order valence-corrected chi connectivity index (χ1v) is 10.9. The monoisotopic (exact) mass is 444 g/mol. The van der Waals surface area contributed by atoms with E-state index in [1.807, 2.05) is 41.5 Å². The highest BCUT2D eigenvalue weighted by Gasteiger charge is 2.39. The molecular weight excluding hydrogens is 412 g/mol. The fourth-order valence-corrected chi connectivity index (χ4v) is 3.86. The molecule has 2 heterocycles. The highest BCUT2D eigenvalue weighted by atomic mass is 16.6. The molecule has 1 fully saturated rings. The van der Waals surface area contributed by atoms with E-state index in [1.165, 1.54) is 0 Å². The first-order chi connectivity index (χ1) is 14.9. The van der Waals surface area contributed by atoms with E-state index in [0.717, 1.165) is 11.7 Å². The van der Waals surface area contributed by atoms with Gasteiger partial charge in [-0.1, -0.05) is 11.2 Å². The van der Waals surface area contributed by atoms with Gasteiger partial charge in [-0.05, 0) is 66.0 Å². The molecule has 0 aliphatic carbocycles. The lowest BCUT2D eigenvalue weighted by Gasteiger charge is -2.27. The predicted molar refractivity (Wildman–Crippen MR) is 118 cm³/mol. The number of aldehydes is 1. The topological polar surface area (TPSA) is 98.9 Å². The highest BCUT2D eigenvalue weighted by molar-refractivity contribution is 5.87. The molecule has 0 N–H and O–H groups in total. The van der Waals surface area contributed by atoms with Gasteiger partial charge < -0.3 is 18.9 Å². The standard InChI is InChI=1S/C24H32N2O6/c1-23(2,3)30-21(28)18(16-9-10-26(13-16)22(29)31-24(4,5)6)12-19-17-8-7-15(14-27)11-20(17)32-25-19/h7-8,11,14,16,18H,9-10,12-13H2,1-6H3/t16-,18-/m0/s1. The lowest BCUT2D eigenvalue weighted by Crippen LogP contribution is -2.38. The molecule has 1 saturated heterocycles. The number of hydrogen-bond donors (Lipinski definition) is 0. The molecular formula is C24H32N2O6. The van der Waals surface area contributed by atoms with E-state index in [1.54, 1.807) is 23.1 Å². The summed E-state index contributed by atoms with van der Waals surface area (Å²) >= 11 is 0. The quantitative estimate of drug-likeness (QED) is 0.498. The van der Waals surface area contributed by atoms with E-state index in [9.17, 15) is 14.4 Å². The SMILES string of the molecule is CC(C)(C)OC(=O)[C@@H](Cc1noc2cc(C=O)ccc12)[C@H]1CCN(C(=O)OC(C)(C)C)C1. The Labute approximate surface area is 188 Å². The van der Waals surface area contributed by atoms with Crippen LogP contribution in [0.5, 0.6) is 0 Å². The average Bonchev–Trinajstić information content (AvgIpc) is 3.30. The summed E-state index contributed by atoms with van der Waals surface area (Å²) in [4.78, 5) is 38.3. The fraction of sp³-hybridized carbons (Fsp3) is 0.583. The maximum absolute atomic E-state index is 13.2. The number of nitrogens with zero attached hydrogens (tertiary/aromatic N) is 2. The summed E-state index contributed by atoms with van der Waals surface area (Å²) < 4.78 is 16.6. The third-order valence-corrected chi connectivity index (χ3v) is 5.28. The van der Waals surface area contributed by atoms with Gasteiger partial charge in [-0.15, -0.1) is 0 Å². The number of hydrogen-bond acceptors (Lipinski definition) is 7. The van der Waals surface area contributed by atoms with Gasteiger partial charge in [0, 0.05) is 30.5 Å². The molecule has 174 valence electrons. The second-order valence-electron chi connectivity index (χ2n) is 10.3. The van der Waals surface area contributed by atoms with Crippen molar-refractivity contribution in [3.05, 3.63) is 29.5 Å². The molecule has 1 aromatic carbocycles. The first kappa shape index (κ1) is 23.8. The first-order valence-electron chi connectivity index (χ1n) is 10.9. The number of fused-ring (bicyclic) bond motifs is 1. The summed E-state index contributed by atoms with van der Waals surface area (Å²) in [6, 6.07) is 5.10. The molecule has 0 saturated carbocycles. The van der Waals surface area contributed by atoms with Gasteiger partial charge in [-0.2, -0.15) is 0 Å². The summed E-state index contributed by atoms with van der Waals surface area (Å²) in [7, 11) is 0. The Morgan fingerprint density at radius 3 is 2.50 bits per heavy atom. The van der Waals surface area contributed by atoms with Crippen LogP contribution in [0.25, 0.3) is 11.0 Å². The van der Waals surface area contributed by atoms with Crippen LogP contribution < -0.4 is 0 Å². The zero-order valence-electron chi connectivity index (χ0n) is 19.6. The van der Waals surface area contributed by atoms with Crippen molar-refractivity contribution >= 4 is 29.3 Å². The minimum atomic E-state index is -0.635. The molecule has 1 aromatic heterocycles. The van der Waals surface area contributed by atoms with Gasteiger partial charge in [-0.3, -0.25) is 9.59 Å². The van der Waals surface area contributed by atoms with Crippen LogP contribution in [0.1, 0.15) is 64.0 Å². The Kier molecular flexibility index (Phi) is 6.62. The summed E-state index contributed by atoms with van der Waals surface area (Å²) in [5.41, 5.74) is 0.398. The number of carbonyl (C=O) groups excluding carboxylic acids is 3. The van der Waals surface area contributed by atoms with Crippen molar-refractivity contribution < 1.29 is 28.4 Å². The van der Waals surface area contributed by atoms with E-state index in [-0.39, 0.29) is 18.0 Å². The maximum Gasteiger partial charge on any atom is 0.410 e.